The van der Waals surface area contributed by atoms with Crippen LogP contribution in [0.25, 0.3) is 0 Å². The monoisotopic (exact) mass is 302 g/mol. The molecule has 0 unspecified atom stereocenters. The number of carbonyl (C=O) groups excluding carboxylic acids is 1. The summed E-state index contributed by atoms with van der Waals surface area (Å²) >= 11 is 0. The Morgan fingerprint density at radius 1 is 1.09 bits per heavy atom. The van der Waals surface area contributed by atoms with E-state index in [1.807, 2.05) is 30.3 Å². The van der Waals surface area contributed by atoms with Gasteiger partial charge >= 0.3 is 5.97 Å². The van der Waals surface area contributed by atoms with Gasteiger partial charge in [-0.1, -0.05) is 49.6 Å². The average molecular weight is 302 g/mol. The molecule has 0 bridgehead atoms. The van der Waals surface area contributed by atoms with Gasteiger partial charge in [0, 0.05) is 12.3 Å². The minimum absolute atomic E-state index is 0.00692. The van der Waals surface area contributed by atoms with Gasteiger partial charge in [0.15, 0.2) is 0 Å². The number of aliphatic carboxylic acids is 1. The summed E-state index contributed by atoms with van der Waals surface area (Å²) in [4.78, 5) is 22.9. The molecule has 5 heteroatoms. The van der Waals surface area contributed by atoms with E-state index in [9.17, 15) is 9.59 Å². The van der Waals surface area contributed by atoms with E-state index in [4.69, 9.17) is 5.11 Å². The maximum atomic E-state index is 12.1. The van der Waals surface area contributed by atoms with Gasteiger partial charge in [-0.05, 0) is 18.4 Å². The summed E-state index contributed by atoms with van der Waals surface area (Å²) < 4.78 is 0. The van der Waals surface area contributed by atoms with E-state index >= 15 is 0 Å². The van der Waals surface area contributed by atoms with E-state index in [-0.39, 0.29) is 18.2 Å². The van der Waals surface area contributed by atoms with Crippen LogP contribution in [-0.2, 0) is 9.59 Å². The Labute approximate surface area is 130 Å². The number of carbonyl (C=O) groups is 2. The number of nitrogens with zero attached hydrogens (tertiary/aromatic N) is 1. The van der Waals surface area contributed by atoms with Crippen molar-refractivity contribution in [2.75, 3.05) is 0 Å². The first-order chi connectivity index (χ1) is 10.7. The third-order valence-corrected chi connectivity index (χ3v) is 3.96. The van der Waals surface area contributed by atoms with Gasteiger partial charge in [0.25, 0.3) is 0 Å². The Bertz CT molecular complexity index is 534. The van der Waals surface area contributed by atoms with Crippen molar-refractivity contribution < 1.29 is 14.7 Å². The minimum Gasteiger partial charge on any atom is -0.481 e. The highest BCUT2D eigenvalue weighted by atomic mass is 16.4. The van der Waals surface area contributed by atoms with E-state index in [2.05, 4.69) is 10.5 Å². The molecule has 2 N–H and O–H groups in total. The summed E-state index contributed by atoms with van der Waals surface area (Å²) in [7, 11) is 0. The molecule has 22 heavy (non-hydrogen) atoms. The van der Waals surface area contributed by atoms with Crippen molar-refractivity contribution in [3.05, 3.63) is 35.9 Å². The number of rotatable bonds is 6. The van der Waals surface area contributed by atoms with Crippen molar-refractivity contribution in [3.63, 3.8) is 0 Å². The molecule has 1 aliphatic carbocycles. The fraction of sp³-hybridized carbons (Fsp3) is 0.471. The summed E-state index contributed by atoms with van der Waals surface area (Å²) in [5, 5.41) is 13.0. The third kappa shape index (κ3) is 4.98. The third-order valence-electron chi connectivity index (χ3n) is 3.96. The van der Waals surface area contributed by atoms with Crippen molar-refractivity contribution in [1.82, 2.24) is 5.43 Å². The lowest BCUT2D eigenvalue weighted by atomic mass is 9.89. The molecule has 118 valence electrons. The second-order valence-corrected chi connectivity index (χ2v) is 5.63. The lowest BCUT2D eigenvalue weighted by Gasteiger charge is -2.19. The van der Waals surface area contributed by atoms with E-state index in [1.165, 1.54) is 6.42 Å². The van der Waals surface area contributed by atoms with Gasteiger partial charge in [0.05, 0.1) is 12.1 Å². The zero-order valence-electron chi connectivity index (χ0n) is 12.6. The Morgan fingerprint density at radius 2 is 1.77 bits per heavy atom. The molecule has 1 fully saturated rings. The summed E-state index contributed by atoms with van der Waals surface area (Å²) in [6, 6.07) is 9.36. The number of hydrogen-bond acceptors (Lipinski definition) is 3. The molecular formula is C17H22N2O3. The molecular weight excluding hydrogens is 280 g/mol. The van der Waals surface area contributed by atoms with Crippen LogP contribution in [-0.4, -0.2) is 22.7 Å². The van der Waals surface area contributed by atoms with Crippen LogP contribution in [0.3, 0.4) is 0 Å². The van der Waals surface area contributed by atoms with Gasteiger partial charge in [-0.15, -0.1) is 0 Å². The lowest BCUT2D eigenvalue weighted by molar-refractivity contribution is -0.136. The maximum absolute atomic E-state index is 12.1. The Hall–Kier alpha value is -2.17. The van der Waals surface area contributed by atoms with Crippen molar-refractivity contribution >= 4 is 17.6 Å². The SMILES string of the molecule is O=C(O)CCC(=NNC(=O)C1CCCCC1)c1ccccc1. The Morgan fingerprint density at radius 3 is 2.41 bits per heavy atom. The molecule has 0 aromatic heterocycles. The zero-order valence-corrected chi connectivity index (χ0v) is 12.6. The topological polar surface area (TPSA) is 78.8 Å². The normalized spacial score (nSPS) is 16.3. The molecule has 1 saturated carbocycles. The van der Waals surface area contributed by atoms with Crippen LogP contribution in [0.2, 0.25) is 0 Å². The van der Waals surface area contributed by atoms with Crippen LogP contribution in [0.4, 0.5) is 0 Å². The second kappa shape index (κ2) is 8.32. The van der Waals surface area contributed by atoms with Crippen LogP contribution >= 0.6 is 0 Å². The van der Waals surface area contributed by atoms with Crippen molar-refractivity contribution in [3.8, 4) is 0 Å². The highest BCUT2D eigenvalue weighted by Crippen LogP contribution is 2.23. The van der Waals surface area contributed by atoms with E-state index < -0.39 is 5.97 Å². The molecule has 1 aromatic carbocycles. The number of carboxylic acids is 1. The highest BCUT2D eigenvalue weighted by molar-refractivity contribution is 6.02. The molecule has 0 heterocycles. The fourth-order valence-electron chi connectivity index (χ4n) is 2.70. The molecule has 0 saturated heterocycles. The molecule has 0 atom stereocenters. The standard InChI is InChI=1S/C17H22N2O3/c20-16(21)12-11-15(13-7-3-1-4-8-13)18-19-17(22)14-9-5-2-6-10-14/h1,3-4,7-8,14H,2,5-6,9-12H2,(H,19,22)(H,20,21). The number of carboxylic acid groups (broad SMARTS) is 1. The van der Waals surface area contributed by atoms with Gasteiger partial charge in [0.1, 0.15) is 0 Å². The Kier molecular flexibility index (Phi) is 6.13. The maximum Gasteiger partial charge on any atom is 0.303 e. The predicted octanol–water partition coefficient (Wildman–Crippen LogP) is 2.95. The number of amides is 1. The average Bonchev–Trinajstić information content (AvgIpc) is 2.56. The van der Waals surface area contributed by atoms with Gasteiger partial charge in [0.2, 0.25) is 5.91 Å². The zero-order chi connectivity index (χ0) is 15.8. The molecule has 1 aliphatic rings. The Balaban J connectivity index is 2.03. The van der Waals surface area contributed by atoms with Crippen molar-refractivity contribution in [1.29, 1.82) is 0 Å². The number of benzene rings is 1. The van der Waals surface area contributed by atoms with E-state index in [0.717, 1.165) is 31.2 Å². The van der Waals surface area contributed by atoms with Crippen LogP contribution < -0.4 is 5.43 Å². The molecule has 2 rings (SSSR count). The lowest BCUT2D eigenvalue weighted by Crippen LogP contribution is -2.29. The quantitative estimate of drug-likeness (QED) is 0.626. The smallest absolute Gasteiger partial charge is 0.303 e. The second-order valence-electron chi connectivity index (χ2n) is 5.63. The van der Waals surface area contributed by atoms with E-state index in [0.29, 0.717) is 12.1 Å². The number of nitrogens with one attached hydrogen (secondary N) is 1. The molecule has 0 radical (unpaired) electrons. The van der Waals surface area contributed by atoms with Gasteiger partial charge in [-0.3, -0.25) is 9.59 Å². The first kappa shape index (κ1) is 16.2. The summed E-state index contributed by atoms with van der Waals surface area (Å²) in [5.41, 5.74) is 4.08. The minimum atomic E-state index is -0.873. The van der Waals surface area contributed by atoms with Gasteiger partial charge in [-0.25, -0.2) is 5.43 Å². The van der Waals surface area contributed by atoms with Crippen LogP contribution in [0.1, 0.15) is 50.5 Å². The summed E-state index contributed by atoms with van der Waals surface area (Å²) in [5.74, 6) is -0.889. The number of hydrazone groups is 1. The van der Waals surface area contributed by atoms with E-state index in [1.54, 1.807) is 0 Å². The first-order valence-electron chi connectivity index (χ1n) is 7.80. The van der Waals surface area contributed by atoms with Crippen molar-refractivity contribution in [2.45, 2.75) is 44.9 Å². The predicted molar refractivity (Wildman–Crippen MR) is 84.6 cm³/mol. The first-order valence-corrected chi connectivity index (χ1v) is 7.80. The highest BCUT2D eigenvalue weighted by Gasteiger charge is 2.20. The molecule has 1 aromatic rings. The summed E-state index contributed by atoms with van der Waals surface area (Å²) in [6.45, 7) is 0. The van der Waals surface area contributed by atoms with Crippen LogP contribution in [0, 0.1) is 5.92 Å². The largest absolute Gasteiger partial charge is 0.481 e. The van der Waals surface area contributed by atoms with Crippen molar-refractivity contribution in [2.24, 2.45) is 11.0 Å². The fourth-order valence-corrected chi connectivity index (χ4v) is 2.70. The summed E-state index contributed by atoms with van der Waals surface area (Å²) in [6.07, 6.45) is 5.49. The van der Waals surface area contributed by atoms with Crippen LogP contribution in [0.5, 0.6) is 0 Å². The molecule has 1 amide bonds. The van der Waals surface area contributed by atoms with Crippen LogP contribution in [0.15, 0.2) is 35.4 Å². The van der Waals surface area contributed by atoms with Gasteiger partial charge in [-0.2, -0.15) is 5.10 Å². The molecule has 0 aliphatic heterocycles. The number of hydrogen-bond donors (Lipinski definition) is 2. The van der Waals surface area contributed by atoms with Gasteiger partial charge < -0.3 is 5.11 Å². The molecule has 5 nitrogen and oxygen atoms in total. The molecule has 0 spiro atoms.